The molecule has 1 aliphatic rings. The minimum atomic E-state index is 0.869. The molecule has 1 saturated carbocycles. The number of nitrogens with one attached hydrogen (secondary N) is 1. The van der Waals surface area contributed by atoms with Crippen molar-refractivity contribution < 1.29 is 0 Å². The largest absolute Gasteiger partial charge is 0.313 e. The molecule has 1 aromatic carbocycles. The summed E-state index contributed by atoms with van der Waals surface area (Å²) in [5.41, 5.74) is 2.86. The molecule has 1 aromatic rings. The highest BCUT2D eigenvalue weighted by Gasteiger charge is 2.16. The minimum absolute atomic E-state index is 0.869. The monoisotopic (exact) mass is 249 g/mol. The lowest BCUT2D eigenvalue weighted by Crippen LogP contribution is -2.12. The van der Waals surface area contributed by atoms with E-state index in [1.807, 2.05) is 0 Å². The summed E-state index contributed by atoms with van der Waals surface area (Å²) >= 11 is 2.08. The maximum Gasteiger partial charge on any atom is 0.0208 e. The van der Waals surface area contributed by atoms with Crippen LogP contribution in [0.3, 0.4) is 0 Å². The normalized spacial score (nSPS) is 16.6. The second-order valence-electron chi connectivity index (χ2n) is 4.89. The van der Waals surface area contributed by atoms with Crippen LogP contribution in [0.1, 0.15) is 43.7 Å². The maximum absolute atomic E-state index is 3.39. The van der Waals surface area contributed by atoms with Crippen molar-refractivity contribution in [3.63, 3.8) is 0 Å². The Morgan fingerprint density at radius 1 is 1.29 bits per heavy atom. The van der Waals surface area contributed by atoms with Crippen molar-refractivity contribution in [3.8, 4) is 0 Å². The highest BCUT2D eigenvalue weighted by molar-refractivity contribution is 8.00. The van der Waals surface area contributed by atoms with Crippen LogP contribution in [-0.4, -0.2) is 11.8 Å². The Morgan fingerprint density at radius 3 is 2.71 bits per heavy atom. The molecule has 94 valence electrons. The van der Waals surface area contributed by atoms with Gasteiger partial charge in [-0.15, -0.1) is 11.8 Å². The zero-order valence-corrected chi connectivity index (χ0v) is 11.8. The Hall–Kier alpha value is -0.470. The van der Waals surface area contributed by atoms with E-state index < -0.39 is 0 Å². The Balaban J connectivity index is 1.97. The fraction of sp³-hybridized carbons (Fsp3) is 0.600. The summed E-state index contributed by atoms with van der Waals surface area (Å²) in [6, 6.07) is 6.94. The maximum atomic E-state index is 3.39. The smallest absolute Gasteiger partial charge is 0.0208 e. The Labute approximate surface area is 109 Å². The van der Waals surface area contributed by atoms with Crippen LogP contribution in [-0.2, 0) is 6.54 Å². The van der Waals surface area contributed by atoms with E-state index in [0.717, 1.165) is 18.3 Å². The number of aryl methyl sites for hydroxylation is 1. The third kappa shape index (κ3) is 3.75. The summed E-state index contributed by atoms with van der Waals surface area (Å²) in [5, 5.41) is 4.26. The van der Waals surface area contributed by atoms with Gasteiger partial charge < -0.3 is 5.32 Å². The first kappa shape index (κ1) is 13.0. The molecule has 0 heterocycles. The summed E-state index contributed by atoms with van der Waals surface area (Å²) < 4.78 is 0. The lowest BCUT2D eigenvalue weighted by atomic mass is 10.1. The molecule has 0 spiro atoms. The van der Waals surface area contributed by atoms with Gasteiger partial charge in [-0.1, -0.05) is 25.8 Å². The van der Waals surface area contributed by atoms with Gasteiger partial charge in [0.25, 0.3) is 0 Å². The third-order valence-electron chi connectivity index (χ3n) is 3.48. The molecular weight excluding hydrogens is 226 g/mol. The Kier molecular flexibility index (Phi) is 4.93. The van der Waals surface area contributed by atoms with Gasteiger partial charge in [0.1, 0.15) is 0 Å². The van der Waals surface area contributed by atoms with E-state index in [-0.39, 0.29) is 0 Å². The second-order valence-corrected chi connectivity index (χ2v) is 6.27. The molecule has 1 nitrogen and oxygen atoms in total. The lowest BCUT2D eigenvalue weighted by Gasteiger charge is -2.12. The number of hydrogen-bond donors (Lipinski definition) is 1. The predicted molar refractivity (Wildman–Crippen MR) is 76.7 cm³/mol. The average molecular weight is 249 g/mol. The van der Waals surface area contributed by atoms with Gasteiger partial charge >= 0.3 is 0 Å². The summed E-state index contributed by atoms with van der Waals surface area (Å²) in [6.45, 7) is 6.42. The fourth-order valence-corrected chi connectivity index (χ4v) is 3.74. The predicted octanol–water partition coefficient (Wildman–Crippen LogP) is 4.14. The fourth-order valence-electron chi connectivity index (χ4n) is 2.40. The van der Waals surface area contributed by atoms with Crippen LogP contribution in [0.4, 0.5) is 0 Å². The summed E-state index contributed by atoms with van der Waals surface area (Å²) in [4.78, 5) is 1.45. The molecule has 1 fully saturated rings. The SMILES string of the molecule is CCNCc1ccc(SC2CCCC2)cc1C. The first-order chi connectivity index (χ1) is 8.29. The van der Waals surface area contributed by atoms with Gasteiger partial charge in [-0.05, 0) is 49.6 Å². The highest BCUT2D eigenvalue weighted by atomic mass is 32.2. The number of rotatable bonds is 5. The van der Waals surface area contributed by atoms with E-state index >= 15 is 0 Å². The molecule has 0 amide bonds. The molecule has 17 heavy (non-hydrogen) atoms. The zero-order valence-electron chi connectivity index (χ0n) is 11.0. The standard InChI is InChI=1S/C15H23NS/c1-3-16-11-13-8-9-15(10-12(13)2)17-14-6-4-5-7-14/h8-10,14,16H,3-7,11H2,1-2H3. The van der Waals surface area contributed by atoms with Crippen LogP contribution in [0, 0.1) is 6.92 Å². The van der Waals surface area contributed by atoms with E-state index in [1.54, 1.807) is 0 Å². The molecule has 1 aliphatic carbocycles. The zero-order chi connectivity index (χ0) is 12.1. The van der Waals surface area contributed by atoms with Gasteiger partial charge in [0.15, 0.2) is 0 Å². The van der Waals surface area contributed by atoms with Crippen LogP contribution in [0.25, 0.3) is 0 Å². The molecule has 1 N–H and O–H groups in total. The Morgan fingerprint density at radius 2 is 2.06 bits per heavy atom. The molecule has 0 bridgehead atoms. The van der Waals surface area contributed by atoms with Gasteiger partial charge in [0.05, 0.1) is 0 Å². The average Bonchev–Trinajstić information content (AvgIpc) is 2.81. The topological polar surface area (TPSA) is 12.0 Å². The summed E-state index contributed by atoms with van der Waals surface area (Å²) in [7, 11) is 0. The quantitative estimate of drug-likeness (QED) is 0.841. The van der Waals surface area contributed by atoms with Gasteiger partial charge in [0.2, 0.25) is 0 Å². The van der Waals surface area contributed by atoms with Crippen molar-refractivity contribution in [3.05, 3.63) is 29.3 Å². The van der Waals surface area contributed by atoms with E-state index in [9.17, 15) is 0 Å². The number of hydrogen-bond acceptors (Lipinski definition) is 2. The molecule has 2 rings (SSSR count). The minimum Gasteiger partial charge on any atom is -0.313 e. The van der Waals surface area contributed by atoms with Gasteiger partial charge in [-0.3, -0.25) is 0 Å². The van der Waals surface area contributed by atoms with Crippen molar-refractivity contribution in [2.75, 3.05) is 6.54 Å². The number of benzene rings is 1. The number of thioether (sulfide) groups is 1. The van der Waals surface area contributed by atoms with Crippen molar-refractivity contribution in [2.24, 2.45) is 0 Å². The van der Waals surface area contributed by atoms with Gasteiger partial charge in [0, 0.05) is 16.7 Å². The van der Waals surface area contributed by atoms with Crippen LogP contribution in [0.5, 0.6) is 0 Å². The summed E-state index contributed by atoms with van der Waals surface area (Å²) in [5.74, 6) is 0. The molecule has 0 aromatic heterocycles. The van der Waals surface area contributed by atoms with E-state index in [2.05, 4.69) is 49.1 Å². The van der Waals surface area contributed by atoms with Crippen LogP contribution >= 0.6 is 11.8 Å². The molecule has 0 atom stereocenters. The lowest BCUT2D eigenvalue weighted by molar-refractivity contribution is 0.723. The Bertz CT molecular complexity index is 356. The molecule has 0 aliphatic heterocycles. The third-order valence-corrected chi connectivity index (χ3v) is 4.82. The van der Waals surface area contributed by atoms with Gasteiger partial charge in [-0.2, -0.15) is 0 Å². The van der Waals surface area contributed by atoms with Crippen LogP contribution < -0.4 is 5.32 Å². The first-order valence-electron chi connectivity index (χ1n) is 6.76. The van der Waals surface area contributed by atoms with Crippen molar-refractivity contribution in [2.45, 2.75) is 56.2 Å². The van der Waals surface area contributed by atoms with E-state index in [1.165, 1.54) is 41.7 Å². The van der Waals surface area contributed by atoms with Crippen molar-refractivity contribution in [1.29, 1.82) is 0 Å². The molecule has 0 radical (unpaired) electrons. The van der Waals surface area contributed by atoms with Crippen LogP contribution in [0.15, 0.2) is 23.1 Å². The summed E-state index contributed by atoms with van der Waals surface area (Å²) in [6.07, 6.45) is 5.66. The van der Waals surface area contributed by atoms with Crippen molar-refractivity contribution in [1.82, 2.24) is 5.32 Å². The second kappa shape index (κ2) is 6.46. The highest BCUT2D eigenvalue weighted by Crippen LogP contribution is 2.35. The van der Waals surface area contributed by atoms with Crippen molar-refractivity contribution >= 4 is 11.8 Å². The molecule has 0 unspecified atom stereocenters. The van der Waals surface area contributed by atoms with E-state index in [0.29, 0.717) is 0 Å². The van der Waals surface area contributed by atoms with E-state index in [4.69, 9.17) is 0 Å². The molecule has 0 saturated heterocycles. The molecule has 2 heteroatoms. The molecular formula is C15H23NS. The van der Waals surface area contributed by atoms with Gasteiger partial charge in [-0.25, -0.2) is 0 Å². The van der Waals surface area contributed by atoms with Crippen LogP contribution in [0.2, 0.25) is 0 Å². The first-order valence-corrected chi connectivity index (χ1v) is 7.64.